The Bertz CT molecular complexity index is 460. The fourth-order valence-electron chi connectivity index (χ4n) is 1.63. The first-order valence-corrected chi connectivity index (χ1v) is 5.84. The minimum absolute atomic E-state index is 0.0469. The second-order valence-corrected chi connectivity index (χ2v) is 4.22. The summed E-state index contributed by atoms with van der Waals surface area (Å²) in [5, 5.41) is 31.5. The number of aldehydes is 1. The van der Waals surface area contributed by atoms with E-state index < -0.39 is 12.2 Å². The molecule has 19 heavy (non-hydrogen) atoms. The molecule has 0 fully saturated rings. The smallest absolute Gasteiger partial charge is 0.216 e. The Kier molecular flexibility index (Phi) is 5.47. The number of carbonyl (C=O) groups is 2. The monoisotopic (exact) mass is 267 g/mol. The van der Waals surface area contributed by atoms with Crippen LogP contribution >= 0.6 is 0 Å². The number of rotatable bonds is 6. The molecule has 0 radical (unpaired) electrons. The summed E-state index contributed by atoms with van der Waals surface area (Å²) in [5.74, 6) is -0.395. The van der Waals surface area contributed by atoms with Gasteiger partial charge in [0, 0.05) is 13.5 Å². The largest absolute Gasteiger partial charge is 0.507 e. The fraction of sp³-hybridized carbons (Fsp3) is 0.385. The van der Waals surface area contributed by atoms with Crippen LogP contribution in [0.4, 0.5) is 0 Å². The van der Waals surface area contributed by atoms with Crippen LogP contribution in [0.3, 0.4) is 0 Å². The van der Waals surface area contributed by atoms with Crippen LogP contribution in [-0.4, -0.2) is 40.2 Å². The van der Waals surface area contributed by atoms with Gasteiger partial charge in [0.05, 0.1) is 11.7 Å². The van der Waals surface area contributed by atoms with Gasteiger partial charge in [-0.3, -0.25) is 9.59 Å². The van der Waals surface area contributed by atoms with E-state index in [1.807, 2.05) is 0 Å². The average molecular weight is 267 g/mol. The van der Waals surface area contributed by atoms with Gasteiger partial charge in [-0.25, -0.2) is 0 Å². The van der Waals surface area contributed by atoms with Crippen molar-refractivity contribution in [2.45, 2.75) is 25.6 Å². The molecule has 2 unspecified atom stereocenters. The van der Waals surface area contributed by atoms with Gasteiger partial charge in [0.25, 0.3) is 0 Å². The van der Waals surface area contributed by atoms with Crippen molar-refractivity contribution in [3.8, 4) is 5.75 Å². The molecule has 0 heterocycles. The molecule has 1 aromatic rings. The van der Waals surface area contributed by atoms with Crippen LogP contribution in [0.2, 0.25) is 0 Å². The number of amides is 1. The van der Waals surface area contributed by atoms with E-state index in [2.05, 4.69) is 5.32 Å². The molecule has 0 spiro atoms. The summed E-state index contributed by atoms with van der Waals surface area (Å²) >= 11 is 0. The minimum atomic E-state index is -1.19. The lowest BCUT2D eigenvalue weighted by molar-refractivity contribution is -0.119. The molecular weight excluding hydrogens is 250 g/mol. The maximum Gasteiger partial charge on any atom is 0.216 e. The Morgan fingerprint density at radius 1 is 1.42 bits per heavy atom. The van der Waals surface area contributed by atoms with Gasteiger partial charge >= 0.3 is 0 Å². The SMILES string of the molecule is CC(=O)NCCC(O)C(O)c1ccc(O)c(C=O)c1. The summed E-state index contributed by atoms with van der Waals surface area (Å²) in [6.45, 7) is 1.60. The molecule has 0 saturated carbocycles. The van der Waals surface area contributed by atoms with Gasteiger partial charge < -0.3 is 20.6 Å². The Hall–Kier alpha value is -1.92. The average Bonchev–Trinajstić information content (AvgIpc) is 2.38. The van der Waals surface area contributed by atoms with Gasteiger partial charge in [0.1, 0.15) is 11.9 Å². The molecule has 6 nitrogen and oxygen atoms in total. The lowest BCUT2D eigenvalue weighted by Gasteiger charge is -2.18. The zero-order valence-corrected chi connectivity index (χ0v) is 10.5. The number of aromatic hydroxyl groups is 1. The number of nitrogens with one attached hydrogen (secondary N) is 1. The molecule has 1 amide bonds. The van der Waals surface area contributed by atoms with Gasteiger partial charge in [-0.1, -0.05) is 6.07 Å². The second-order valence-electron chi connectivity index (χ2n) is 4.22. The second kappa shape index (κ2) is 6.86. The van der Waals surface area contributed by atoms with Crippen LogP contribution in [0.5, 0.6) is 5.75 Å². The maximum atomic E-state index is 10.7. The van der Waals surface area contributed by atoms with Crippen LogP contribution in [0.25, 0.3) is 0 Å². The molecule has 0 bridgehead atoms. The third-order valence-corrected chi connectivity index (χ3v) is 2.70. The van der Waals surface area contributed by atoms with E-state index in [-0.39, 0.29) is 30.2 Å². The first kappa shape index (κ1) is 15.1. The number of aliphatic hydroxyl groups excluding tert-OH is 2. The number of hydrogen-bond donors (Lipinski definition) is 4. The lowest BCUT2D eigenvalue weighted by Crippen LogP contribution is -2.27. The highest BCUT2D eigenvalue weighted by Gasteiger charge is 2.19. The van der Waals surface area contributed by atoms with Gasteiger partial charge in [-0.2, -0.15) is 0 Å². The maximum absolute atomic E-state index is 10.7. The predicted molar refractivity (Wildman–Crippen MR) is 67.8 cm³/mol. The van der Waals surface area contributed by atoms with E-state index in [1.54, 1.807) is 0 Å². The third kappa shape index (κ3) is 4.35. The Balaban J connectivity index is 2.68. The third-order valence-electron chi connectivity index (χ3n) is 2.70. The van der Waals surface area contributed by atoms with Crippen molar-refractivity contribution in [1.29, 1.82) is 0 Å². The van der Waals surface area contributed by atoms with Crippen molar-refractivity contribution >= 4 is 12.2 Å². The summed E-state index contributed by atoms with van der Waals surface area (Å²) in [7, 11) is 0. The van der Waals surface area contributed by atoms with E-state index in [0.717, 1.165) is 0 Å². The van der Waals surface area contributed by atoms with Crippen LogP contribution in [0.1, 0.15) is 35.4 Å². The van der Waals surface area contributed by atoms with E-state index in [1.165, 1.54) is 25.1 Å². The molecule has 2 atom stereocenters. The first-order valence-electron chi connectivity index (χ1n) is 5.84. The van der Waals surface area contributed by atoms with Crippen LogP contribution in [0, 0.1) is 0 Å². The van der Waals surface area contributed by atoms with Crippen LogP contribution in [-0.2, 0) is 4.79 Å². The standard InChI is InChI=1S/C13H17NO5/c1-8(16)14-5-4-12(18)13(19)9-2-3-11(17)10(6-9)7-15/h2-3,6-7,12-13,17-19H,4-5H2,1H3,(H,14,16). The fourth-order valence-corrected chi connectivity index (χ4v) is 1.63. The van der Waals surface area contributed by atoms with E-state index in [4.69, 9.17) is 0 Å². The van der Waals surface area contributed by atoms with Crippen LogP contribution < -0.4 is 5.32 Å². The van der Waals surface area contributed by atoms with E-state index in [9.17, 15) is 24.9 Å². The summed E-state index contributed by atoms with van der Waals surface area (Å²) in [6, 6.07) is 4.02. The number of phenols is 1. The summed E-state index contributed by atoms with van der Waals surface area (Å²) in [4.78, 5) is 21.3. The van der Waals surface area contributed by atoms with Crippen molar-refractivity contribution in [2.24, 2.45) is 0 Å². The van der Waals surface area contributed by atoms with Gasteiger partial charge in [-0.05, 0) is 24.1 Å². The molecule has 0 saturated heterocycles. The molecular formula is C13H17NO5. The highest BCUT2D eigenvalue weighted by molar-refractivity contribution is 5.79. The Morgan fingerprint density at radius 3 is 2.68 bits per heavy atom. The van der Waals surface area contributed by atoms with Gasteiger partial charge in [-0.15, -0.1) is 0 Å². The number of phenolic OH excluding ortho intramolecular Hbond substituents is 1. The summed E-state index contributed by atoms with van der Waals surface area (Å²) in [6.07, 6.45) is -1.61. The first-order chi connectivity index (χ1) is 8.95. The van der Waals surface area contributed by atoms with Crippen molar-refractivity contribution in [1.82, 2.24) is 5.32 Å². The van der Waals surface area contributed by atoms with Crippen LogP contribution in [0.15, 0.2) is 18.2 Å². The number of aliphatic hydroxyl groups is 2. The molecule has 4 N–H and O–H groups in total. The number of benzene rings is 1. The quantitative estimate of drug-likeness (QED) is 0.548. The summed E-state index contributed by atoms with van der Waals surface area (Å²) in [5.41, 5.74) is 0.376. The molecule has 0 aliphatic heterocycles. The van der Waals surface area contributed by atoms with E-state index in [0.29, 0.717) is 11.8 Å². The molecule has 0 aliphatic carbocycles. The highest BCUT2D eigenvalue weighted by Crippen LogP contribution is 2.24. The summed E-state index contributed by atoms with van der Waals surface area (Å²) < 4.78 is 0. The molecule has 6 heteroatoms. The Morgan fingerprint density at radius 2 is 2.11 bits per heavy atom. The van der Waals surface area contributed by atoms with E-state index >= 15 is 0 Å². The van der Waals surface area contributed by atoms with Crippen molar-refractivity contribution in [2.75, 3.05) is 6.54 Å². The molecule has 0 aromatic heterocycles. The predicted octanol–water partition coefficient (Wildman–Crippen LogP) is 0.125. The number of carbonyl (C=O) groups excluding carboxylic acids is 2. The minimum Gasteiger partial charge on any atom is -0.507 e. The van der Waals surface area contributed by atoms with Crippen molar-refractivity contribution in [3.63, 3.8) is 0 Å². The van der Waals surface area contributed by atoms with Gasteiger partial charge in [0.15, 0.2) is 6.29 Å². The molecule has 1 rings (SSSR count). The topological polar surface area (TPSA) is 107 Å². The number of hydrogen-bond acceptors (Lipinski definition) is 5. The Labute approximate surface area is 110 Å². The van der Waals surface area contributed by atoms with Crippen molar-refractivity contribution < 1.29 is 24.9 Å². The van der Waals surface area contributed by atoms with Crippen molar-refractivity contribution in [3.05, 3.63) is 29.3 Å². The zero-order chi connectivity index (χ0) is 14.4. The lowest BCUT2D eigenvalue weighted by atomic mass is 10.00. The normalized spacial score (nSPS) is 13.6. The molecule has 104 valence electrons. The highest BCUT2D eigenvalue weighted by atomic mass is 16.3. The molecule has 0 aliphatic rings. The van der Waals surface area contributed by atoms with Gasteiger partial charge in [0.2, 0.25) is 5.91 Å². The molecule has 1 aromatic carbocycles. The zero-order valence-electron chi connectivity index (χ0n) is 10.5.